The maximum atomic E-state index is 11.6. The molecule has 0 saturated heterocycles. The van der Waals surface area contributed by atoms with Crippen molar-refractivity contribution in [2.24, 2.45) is 0 Å². The molecule has 2 aromatic carbocycles. The van der Waals surface area contributed by atoms with Gasteiger partial charge in [0, 0.05) is 11.0 Å². The Morgan fingerprint density at radius 1 is 1.29 bits per heavy atom. The van der Waals surface area contributed by atoms with Crippen LogP contribution in [0.15, 0.2) is 53.0 Å². The topological polar surface area (TPSA) is 67.8 Å². The van der Waals surface area contributed by atoms with Gasteiger partial charge in [-0.3, -0.25) is 0 Å². The van der Waals surface area contributed by atoms with E-state index in [-0.39, 0.29) is 12.4 Å². The van der Waals surface area contributed by atoms with Gasteiger partial charge >= 0.3 is 6.09 Å². The zero-order valence-electron chi connectivity index (χ0n) is 13.2. The number of rotatable bonds is 6. The number of amides is 1. The van der Waals surface area contributed by atoms with Gasteiger partial charge in [-0.2, -0.15) is 0 Å². The SMILES string of the molecule is COc1cc(C=CCNC(=O)OCc2ccccc2)c(Br)cc1O. The van der Waals surface area contributed by atoms with Crippen LogP contribution >= 0.6 is 15.9 Å². The molecule has 0 aliphatic heterocycles. The van der Waals surface area contributed by atoms with Crippen LogP contribution < -0.4 is 10.1 Å². The van der Waals surface area contributed by atoms with Crippen molar-refractivity contribution in [2.45, 2.75) is 6.61 Å². The molecule has 0 unspecified atom stereocenters. The lowest BCUT2D eigenvalue weighted by Gasteiger charge is -2.07. The number of methoxy groups -OCH3 is 1. The predicted octanol–water partition coefficient (Wildman–Crippen LogP) is 4.10. The third kappa shape index (κ3) is 5.31. The summed E-state index contributed by atoms with van der Waals surface area (Å²) in [6.45, 7) is 0.556. The monoisotopic (exact) mass is 391 g/mol. The predicted molar refractivity (Wildman–Crippen MR) is 96.0 cm³/mol. The minimum Gasteiger partial charge on any atom is -0.504 e. The molecule has 0 bridgehead atoms. The lowest BCUT2D eigenvalue weighted by molar-refractivity contribution is 0.141. The van der Waals surface area contributed by atoms with E-state index in [1.807, 2.05) is 36.4 Å². The van der Waals surface area contributed by atoms with E-state index in [0.29, 0.717) is 12.3 Å². The number of phenols is 1. The highest BCUT2D eigenvalue weighted by atomic mass is 79.9. The van der Waals surface area contributed by atoms with Gasteiger partial charge in [-0.25, -0.2) is 4.79 Å². The van der Waals surface area contributed by atoms with Crippen LogP contribution in [-0.2, 0) is 11.3 Å². The molecule has 126 valence electrons. The van der Waals surface area contributed by atoms with Gasteiger partial charge in [0.05, 0.1) is 7.11 Å². The molecule has 0 aromatic heterocycles. The van der Waals surface area contributed by atoms with Crippen LogP contribution in [0.5, 0.6) is 11.5 Å². The Hall–Kier alpha value is -2.47. The molecule has 0 aliphatic rings. The molecule has 1 amide bonds. The molecule has 0 spiro atoms. The molecule has 0 fully saturated rings. The third-order valence-corrected chi connectivity index (χ3v) is 3.86. The molecule has 0 radical (unpaired) electrons. The number of phenolic OH excluding ortho intramolecular Hbond substituents is 1. The Labute approximate surface area is 149 Å². The van der Waals surface area contributed by atoms with Crippen molar-refractivity contribution >= 4 is 28.1 Å². The number of benzene rings is 2. The minimum atomic E-state index is -0.481. The number of nitrogens with one attached hydrogen (secondary N) is 1. The summed E-state index contributed by atoms with van der Waals surface area (Å²) in [5.74, 6) is 0.442. The van der Waals surface area contributed by atoms with Gasteiger partial charge in [-0.15, -0.1) is 0 Å². The molecule has 2 N–H and O–H groups in total. The van der Waals surface area contributed by atoms with Crippen LogP contribution in [0.2, 0.25) is 0 Å². The van der Waals surface area contributed by atoms with Crippen molar-refractivity contribution in [3.8, 4) is 11.5 Å². The smallest absolute Gasteiger partial charge is 0.407 e. The van der Waals surface area contributed by atoms with E-state index in [4.69, 9.17) is 9.47 Å². The number of ether oxygens (including phenoxy) is 2. The van der Waals surface area contributed by atoms with Gasteiger partial charge in [-0.05, 0) is 23.3 Å². The molecule has 0 atom stereocenters. The minimum absolute atomic E-state index is 0.0594. The quantitative estimate of drug-likeness (QED) is 0.777. The van der Waals surface area contributed by atoms with Gasteiger partial charge < -0.3 is 19.9 Å². The van der Waals surface area contributed by atoms with Gasteiger partial charge in [0.15, 0.2) is 11.5 Å². The van der Waals surface area contributed by atoms with Crippen molar-refractivity contribution in [3.05, 3.63) is 64.1 Å². The van der Waals surface area contributed by atoms with Crippen molar-refractivity contribution < 1.29 is 19.4 Å². The van der Waals surface area contributed by atoms with Crippen molar-refractivity contribution in [2.75, 3.05) is 13.7 Å². The first-order valence-corrected chi connectivity index (χ1v) is 8.07. The standard InChI is InChI=1S/C18H18BrNO4/c1-23-17-10-14(15(19)11-16(17)21)8-5-9-20-18(22)24-12-13-6-3-2-4-7-13/h2-8,10-11,21H,9,12H2,1H3,(H,20,22). The first kappa shape index (κ1) is 17.9. The van der Waals surface area contributed by atoms with E-state index in [9.17, 15) is 9.90 Å². The molecule has 6 heteroatoms. The maximum Gasteiger partial charge on any atom is 0.407 e. The normalized spacial score (nSPS) is 10.6. The summed E-state index contributed by atoms with van der Waals surface area (Å²) in [5, 5.41) is 12.3. The fourth-order valence-electron chi connectivity index (χ4n) is 1.95. The fraction of sp³-hybridized carbons (Fsp3) is 0.167. The van der Waals surface area contributed by atoms with E-state index in [1.54, 1.807) is 18.2 Å². The first-order chi connectivity index (χ1) is 11.6. The number of hydrogen-bond acceptors (Lipinski definition) is 4. The Balaban J connectivity index is 1.81. The highest BCUT2D eigenvalue weighted by Crippen LogP contribution is 2.32. The summed E-state index contributed by atoms with van der Waals surface area (Å²) in [6, 6.07) is 12.7. The number of alkyl carbamates (subject to hydrolysis) is 1. The van der Waals surface area contributed by atoms with Gasteiger partial charge in [-0.1, -0.05) is 58.4 Å². The molecular formula is C18H18BrNO4. The van der Waals surface area contributed by atoms with E-state index in [0.717, 1.165) is 15.6 Å². The van der Waals surface area contributed by atoms with E-state index in [2.05, 4.69) is 21.2 Å². The Bertz CT molecular complexity index is 716. The number of hydrogen-bond donors (Lipinski definition) is 2. The average Bonchev–Trinajstić information content (AvgIpc) is 2.59. The average molecular weight is 392 g/mol. The van der Waals surface area contributed by atoms with Crippen LogP contribution in [0.4, 0.5) is 4.79 Å². The third-order valence-electron chi connectivity index (χ3n) is 3.17. The van der Waals surface area contributed by atoms with Crippen molar-refractivity contribution in [1.29, 1.82) is 0 Å². The van der Waals surface area contributed by atoms with Crippen LogP contribution in [0, 0.1) is 0 Å². The van der Waals surface area contributed by atoms with E-state index < -0.39 is 6.09 Å². The lowest BCUT2D eigenvalue weighted by Crippen LogP contribution is -2.24. The molecule has 5 nitrogen and oxygen atoms in total. The largest absolute Gasteiger partial charge is 0.504 e. The maximum absolute atomic E-state index is 11.6. The van der Waals surface area contributed by atoms with Crippen molar-refractivity contribution in [3.63, 3.8) is 0 Å². The number of carbonyl (C=O) groups is 1. The molecule has 0 heterocycles. The summed E-state index contributed by atoms with van der Waals surface area (Å²) in [4.78, 5) is 11.6. The van der Waals surface area contributed by atoms with Crippen LogP contribution in [-0.4, -0.2) is 24.9 Å². The zero-order valence-corrected chi connectivity index (χ0v) is 14.7. The van der Waals surface area contributed by atoms with Gasteiger partial charge in [0.25, 0.3) is 0 Å². The summed E-state index contributed by atoms with van der Waals surface area (Å²) in [6.07, 6.45) is 3.11. The second-order valence-electron chi connectivity index (χ2n) is 4.89. The molecule has 0 aliphatic carbocycles. The van der Waals surface area contributed by atoms with E-state index >= 15 is 0 Å². The number of halogens is 1. The Morgan fingerprint density at radius 3 is 2.75 bits per heavy atom. The van der Waals surface area contributed by atoms with Crippen LogP contribution in [0.25, 0.3) is 6.08 Å². The summed E-state index contributed by atoms with van der Waals surface area (Å²) >= 11 is 3.36. The zero-order chi connectivity index (χ0) is 17.4. The Kier molecular flexibility index (Phi) is 6.69. The fourth-order valence-corrected chi connectivity index (χ4v) is 2.42. The highest BCUT2D eigenvalue weighted by Gasteiger charge is 2.06. The summed E-state index contributed by atoms with van der Waals surface area (Å²) < 4.78 is 10.9. The highest BCUT2D eigenvalue weighted by molar-refractivity contribution is 9.10. The lowest BCUT2D eigenvalue weighted by atomic mass is 10.2. The Morgan fingerprint density at radius 2 is 2.04 bits per heavy atom. The van der Waals surface area contributed by atoms with Crippen LogP contribution in [0.1, 0.15) is 11.1 Å². The second-order valence-corrected chi connectivity index (χ2v) is 5.74. The van der Waals surface area contributed by atoms with Crippen LogP contribution in [0.3, 0.4) is 0 Å². The van der Waals surface area contributed by atoms with Gasteiger partial charge in [0.1, 0.15) is 6.61 Å². The first-order valence-electron chi connectivity index (χ1n) is 7.27. The second kappa shape index (κ2) is 8.98. The van der Waals surface area contributed by atoms with Gasteiger partial charge in [0.2, 0.25) is 0 Å². The molecule has 2 rings (SSSR count). The molecule has 0 saturated carbocycles. The summed E-state index contributed by atoms with van der Waals surface area (Å²) in [7, 11) is 1.49. The molecular weight excluding hydrogens is 374 g/mol. The number of aromatic hydroxyl groups is 1. The molecule has 24 heavy (non-hydrogen) atoms. The summed E-state index contributed by atoms with van der Waals surface area (Å²) in [5.41, 5.74) is 1.76. The van der Waals surface area contributed by atoms with Crippen molar-refractivity contribution in [1.82, 2.24) is 5.32 Å². The molecule has 2 aromatic rings. The number of carbonyl (C=O) groups excluding carboxylic acids is 1. The van der Waals surface area contributed by atoms with E-state index in [1.165, 1.54) is 7.11 Å².